The second-order valence-corrected chi connectivity index (χ2v) is 7.12. The Morgan fingerprint density at radius 2 is 2.03 bits per heavy atom. The van der Waals surface area contributed by atoms with Crippen LogP contribution in [0.2, 0.25) is 0 Å². The van der Waals surface area contributed by atoms with Crippen LogP contribution in [0.15, 0.2) is 68.4 Å². The van der Waals surface area contributed by atoms with E-state index in [-0.39, 0.29) is 21.8 Å². The summed E-state index contributed by atoms with van der Waals surface area (Å²) < 4.78 is 18.5. The van der Waals surface area contributed by atoms with E-state index in [9.17, 15) is 14.0 Å². The molecule has 0 saturated carbocycles. The molecule has 0 aliphatic heterocycles. The van der Waals surface area contributed by atoms with Crippen LogP contribution in [0.3, 0.4) is 0 Å². The molecule has 0 unspecified atom stereocenters. The lowest BCUT2D eigenvalue weighted by Crippen LogP contribution is -2.18. The zero-order valence-electron chi connectivity index (χ0n) is 15.2. The number of rotatable bonds is 4. The largest absolute Gasteiger partial charge is 0.463 e. The number of aromatic nitrogens is 1. The molecule has 0 atom stereocenters. The summed E-state index contributed by atoms with van der Waals surface area (Å²) in [5.74, 6) is -0.856. The first-order chi connectivity index (χ1) is 14.0. The van der Waals surface area contributed by atoms with E-state index in [1.165, 1.54) is 24.6 Å². The zero-order valence-corrected chi connectivity index (χ0v) is 16.0. The van der Waals surface area contributed by atoms with Crippen molar-refractivity contribution < 1.29 is 13.6 Å². The quantitative estimate of drug-likeness (QED) is 0.407. The second kappa shape index (κ2) is 7.76. The molecular formula is C21H14FN3O3S. The van der Waals surface area contributed by atoms with Crippen LogP contribution in [0.1, 0.15) is 20.9 Å². The number of hydrazone groups is 1. The minimum Gasteiger partial charge on any atom is -0.463 e. The maximum absolute atomic E-state index is 13.0. The van der Waals surface area contributed by atoms with Crippen molar-refractivity contribution in [3.63, 3.8) is 0 Å². The van der Waals surface area contributed by atoms with Gasteiger partial charge in [-0.3, -0.25) is 9.59 Å². The summed E-state index contributed by atoms with van der Waals surface area (Å²) >= 11 is 1.14. The summed E-state index contributed by atoms with van der Waals surface area (Å²) in [4.78, 5) is 29.0. The first-order valence-electron chi connectivity index (χ1n) is 8.58. The van der Waals surface area contributed by atoms with E-state index in [1.54, 1.807) is 29.6 Å². The number of amides is 1. The van der Waals surface area contributed by atoms with Crippen LogP contribution in [0.5, 0.6) is 0 Å². The van der Waals surface area contributed by atoms with Gasteiger partial charge in [-0.2, -0.15) is 5.10 Å². The lowest BCUT2D eigenvalue weighted by Gasteiger charge is -2.00. The third kappa shape index (κ3) is 3.97. The van der Waals surface area contributed by atoms with Crippen LogP contribution >= 0.6 is 11.3 Å². The van der Waals surface area contributed by atoms with E-state index in [2.05, 4.69) is 15.5 Å². The standard InChI is InChI=1S/C21H14FN3O3S/c1-12-2-7-18-16(8-12)19(26)14(10-28-18)9-23-25-20(27)21-24-17(11-29-21)13-3-5-15(22)6-4-13/h2-11H,1H3,(H,25,27)/b23-9+. The molecule has 0 radical (unpaired) electrons. The Bertz CT molecular complexity index is 1290. The minimum atomic E-state index is -0.513. The number of aryl methyl sites for hydroxylation is 1. The Hall–Kier alpha value is -3.65. The molecule has 0 spiro atoms. The smallest absolute Gasteiger partial charge is 0.300 e. The summed E-state index contributed by atoms with van der Waals surface area (Å²) in [5, 5.41) is 6.18. The molecule has 0 aliphatic rings. The molecule has 4 aromatic rings. The summed E-state index contributed by atoms with van der Waals surface area (Å²) in [6.07, 6.45) is 2.53. The van der Waals surface area contributed by atoms with Crippen molar-refractivity contribution in [2.75, 3.05) is 0 Å². The van der Waals surface area contributed by atoms with E-state index in [0.29, 0.717) is 22.2 Å². The Balaban J connectivity index is 1.49. The van der Waals surface area contributed by atoms with Crippen LogP contribution < -0.4 is 10.9 Å². The molecule has 0 aliphatic carbocycles. The van der Waals surface area contributed by atoms with Gasteiger partial charge in [-0.05, 0) is 43.3 Å². The molecule has 0 saturated heterocycles. The fraction of sp³-hybridized carbons (Fsp3) is 0.0476. The summed E-state index contributed by atoms with van der Waals surface area (Å²) in [7, 11) is 0. The maximum atomic E-state index is 13.0. The van der Waals surface area contributed by atoms with Gasteiger partial charge in [0.2, 0.25) is 5.43 Å². The van der Waals surface area contributed by atoms with Gasteiger partial charge < -0.3 is 4.42 Å². The Morgan fingerprint density at radius 1 is 1.24 bits per heavy atom. The third-order valence-corrected chi connectivity index (χ3v) is 5.00. The first-order valence-corrected chi connectivity index (χ1v) is 9.46. The molecule has 144 valence electrons. The Kier molecular flexibility index (Phi) is 5.01. The average Bonchev–Trinajstić information content (AvgIpc) is 3.21. The number of hydrogen-bond donors (Lipinski definition) is 1. The molecule has 8 heteroatoms. The molecule has 2 heterocycles. The predicted octanol–water partition coefficient (Wildman–Crippen LogP) is 4.13. The highest BCUT2D eigenvalue weighted by Gasteiger charge is 2.12. The van der Waals surface area contributed by atoms with Gasteiger partial charge in [-0.25, -0.2) is 14.8 Å². The Labute approximate surface area is 168 Å². The van der Waals surface area contributed by atoms with Gasteiger partial charge >= 0.3 is 0 Å². The number of carbonyl (C=O) groups excluding carboxylic acids is 1. The number of nitrogens with one attached hydrogen (secondary N) is 1. The molecule has 1 N–H and O–H groups in total. The first kappa shape index (κ1) is 18.7. The van der Waals surface area contributed by atoms with E-state index >= 15 is 0 Å². The number of fused-ring (bicyclic) bond motifs is 1. The van der Waals surface area contributed by atoms with Gasteiger partial charge in [0.25, 0.3) is 5.91 Å². The number of hydrogen-bond acceptors (Lipinski definition) is 6. The average molecular weight is 407 g/mol. The molecule has 4 rings (SSSR count). The molecule has 2 aromatic heterocycles. The van der Waals surface area contributed by atoms with Crippen molar-refractivity contribution in [3.8, 4) is 11.3 Å². The summed E-state index contributed by atoms with van der Waals surface area (Å²) in [5.41, 5.74) is 5.02. The van der Waals surface area contributed by atoms with Gasteiger partial charge in [0, 0.05) is 10.9 Å². The normalized spacial score (nSPS) is 11.2. The monoisotopic (exact) mass is 407 g/mol. The van der Waals surface area contributed by atoms with E-state index < -0.39 is 5.91 Å². The number of halogens is 1. The zero-order chi connectivity index (χ0) is 20.4. The highest BCUT2D eigenvalue weighted by Crippen LogP contribution is 2.22. The van der Waals surface area contributed by atoms with E-state index in [0.717, 1.165) is 16.9 Å². The van der Waals surface area contributed by atoms with Crippen LogP contribution in [0.25, 0.3) is 22.2 Å². The van der Waals surface area contributed by atoms with Crippen molar-refractivity contribution >= 4 is 34.4 Å². The molecular weight excluding hydrogens is 393 g/mol. The van der Waals surface area contributed by atoms with Gasteiger partial charge in [0.1, 0.15) is 17.7 Å². The Morgan fingerprint density at radius 3 is 2.83 bits per heavy atom. The van der Waals surface area contributed by atoms with Crippen LogP contribution in [-0.4, -0.2) is 17.1 Å². The van der Waals surface area contributed by atoms with Gasteiger partial charge in [-0.1, -0.05) is 11.6 Å². The minimum absolute atomic E-state index is 0.197. The SMILES string of the molecule is Cc1ccc2occ(/C=N/NC(=O)c3nc(-c4ccc(F)cc4)cs3)c(=O)c2c1. The van der Waals surface area contributed by atoms with E-state index in [4.69, 9.17) is 4.42 Å². The highest BCUT2D eigenvalue weighted by atomic mass is 32.1. The van der Waals surface area contributed by atoms with Crippen molar-refractivity contribution in [2.24, 2.45) is 5.10 Å². The van der Waals surface area contributed by atoms with Crippen LogP contribution in [0.4, 0.5) is 4.39 Å². The molecule has 0 fully saturated rings. The lowest BCUT2D eigenvalue weighted by molar-refractivity contribution is 0.0955. The van der Waals surface area contributed by atoms with Crippen molar-refractivity contribution in [3.05, 3.63) is 86.3 Å². The van der Waals surface area contributed by atoms with Crippen LogP contribution in [0, 0.1) is 12.7 Å². The summed E-state index contributed by atoms with van der Waals surface area (Å²) in [6, 6.07) is 11.2. The topological polar surface area (TPSA) is 84.6 Å². The molecule has 6 nitrogen and oxygen atoms in total. The molecule has 29 heavy (non-hydrogen) atoms. The molecule has 0 bridgehead atoms. The third-order valence-electron chi connectivity index (χ3n) is 4.16. The summed E-state index contributed by atoms with van der Waals surface area (Å²) in [6.45, 7) is 1.88. The predicted molar refractivity (Wildman–Crippen MR) is 110 cm³/mol. The molecule has 1 amide bonds. The number of benzene rings is 2. The van der Waals surface area contributed by atoms with Crippen molar-refractivity contribution in [2.45, 2.75) is 6.92 Å². The number of carbonyl (C=O) groups is 1. The van der Waals surface area contributed by atoms with Gasteiger partial charge in [0.15, 0.2) is 5.01 Å². The van der Waals surface area contributed by atoms with Crippen molar-refractivity contribution in [1.82, 2.24) is 10.4 Å². The maximum Gasteiger partial charge on any atom is 0.300 e. The van der Waals surface area contributed by atoms with Crippen LogP contribution in [-0.2, 0) is 0 Å². The van der Waals surface area contributed by atoms with E-state index in [1.807, 2.05) is 13.0 Å². The molecule has 2 aromatic carbocycles. The number of nitrogens with zero attached hydrogens (tertiary/aromatic N) is 2. The fourth-order valence-electron chi connectivity index (χ4n) is 2.69. The highest BCUT2D eigenvalue weighted by molar-refractivity contribution is 7.12. The van der Waals surface area contributed by atoms with Gasteiger partial charge in [0.05, 0.1) is 22.9 Å². The second-order valence-electron chi connectivity index (χ2n) is 6.26. The fourth-order valence-corrected chi connectivity index (χ4v) is 3.40. The lowest BCUT2D eigenvalue weighted by atomic mass is 10.1. The van der Waals surface area contributed by atoms with Crippen molar-refractivity contribution in [1.29, 1.82) is 0 Å². The number of thiazole rings is 1. The van der Waals surface area contributed by atoms with Gasteiger partial charge in [-0.15, -0.1) is 11.3 Å².